The molecule has 0 radical (unpaired) electrons. The van der Waals surface area contributed by atoms with Crippen LogP contribution in [-0.4, -0.2) is 11.5 Å². The van der Waals surface area contributed by atoms with Crippen LogP contribution in [0, 0.1) is 19.7 Å². The highest BCUT2D eigenvalue weighted by atomic mass is 35.5. The van der Waals surface area contributed by atoms with Gasteiger partial charge in [0.05, 0.1) is 10.7 Å². The summed E-state index contributed by atoms with van der Waals surface area (Å²) < 4.78 is 14.0. The average Bonchev–Trinajstić information content (AvgIpc) is 2.76. The Morgan fingerprint density at radius 1 is 1.38 bits per heavy atom. The molecule has 1 heterocycles. The Labute approximate surface area is 134 Å². The number of hydrogen-bond donors (Lipinski definition) is 1. The summed E-state index contributed by atoms with van der Waals surface area (Å²) >= 11 is 7.50. The molecular weight excluding hydrogens is 307 g/mol. The van der Waals surface area contributed by atoms with Gasteiger partial charge in [-0.2, -0.15) is 0 Å². The van der Waals surface area contributed by atoms with Gasteiger partial charge in [-0.3, -0.25) is 0 Å². The third kappa shape index (κ3) is 4.25. The summed E-state index contributed by atoms with van der Waals surface area (Å²) in [4.78, 5) is 5.67. The minimum absolute atomic E-state index is 0.0897. The SMILES string of the molecule is CCCNC(Cc1ccc(Cl)cc1F)c1sc(C)nc1C. The lowest BCUT2D eigenvalue weighted by Gasteiger charge is -2.18. The first-order valence-electron chi connectivity index (χ1n) is 7.12. The lowest BCUT2D eigenvalue weighted by atomic mass is 10.0. The van der Waals surface area contributed by atoms with Crippen LogP contribution in [0.1, 0.15) is 40.5 Å². The van der Waals surface area contributed by atoms with Crippen molar-refractivity contribution in [2.45, 2.75) is 39.7 Å². The molecule has 2 nitrogen and oxygen atoms in total. The average molecular weight is 327 g/mol. The number of aryl methyl sites for hydroxylation is 2. The molecule has 0 aliphatic carbocycles. The Morgan fingerprint density at radius 2 is 2.14 bits per heavy atom. The zero-order valence-corrected chi connectivity index (χ0v) is 14.1. The second kappa shape index (κ2) is 7.34. The Morgan fingerprint density at radius 3 is 2.71 bits per heavy atom. The molecule has 114 valence electrons. The molecule has 1 aromatic carbocycles. The molecule has 0 saturated heterocycles. The Kier molecular flexibility index (Phi) is 5.73. The first kappa shape index (κ1) is 16.4. The monoisotopic (exact) mass is 326 g/mol. The second-order valence-corrected chi connectivity index (χ2v) is 6.80. The minimum atomic E-state index is -0.246. The van der Waals surface area contributed by atoms with Gasteiger partial charge in [-0.15, -0.1) is 11.3 Å². The maximum absolute atomic E-state index is 14.0. The maximum Gasteiger partial charge on any atom is 0.127 e. The van der Waals surface area contributed by atoms with Crippen LogP contribution >= 0.6 is 22.9 Å². The van der Waals surface area contributed by atoms with Crippen LogP contribution in [0.25, 0.3) is 0 Å². The van der Waals surface area contributed by atoms with E-state index >= 15 is 0 Å². The summed E-state index contributed by atoms with van der Waals surface area (Å²) in [6, 6.07) is 4.97. The molecule has 0 bridgehead atoms. The van der Waals surface area contributed by atoms with Crippen molar-refractivity contribution in [2.75, 3.05) is 6.54 Å². The van der Waals surface area contributed by atoms with Crippen LogP contribution in [0.4, 0.5) is 4.39 Å². The molecule has 0 spiro atoms. The molecule has 2 rings (SSSR count). The quantitative estimate of drug-likeness (QED) is 0.822. The third-order valence-corrected chi connectivity index (χ3v) is 4.76. The van der Waals surface area contributed by atoms with Gasteiger partial charge in [0.1, 0.15) is 5.82 Å². The van der Waals surface area contributed by atoms with Crippen LogP contribution < -0.4 is 5.32 Å². The van der Waals surface area contributed by atoms with Gasteiger partial charge < -0.3 is 5.32 Å². The van der Waals surface area contributed by atoms with Crippen LogP contribution in [0.2, 0.25) is 5.02 Å². The number of benzene rings is 1. The van der Waals surface area contributed by atoms with E-state index in [-0.39, 0.29) is 11.9 Å². The fourth-order valence-electron chi connectivity index (χ4n) is 2.35. The van der Waals surface area contributed by atoms with Crippen molar-refractivity contribution < 1.29 is 4.39 Å². The van der Waals surface area contributed by atoms with Crippen LogP contribution in [0.5, 0.6) is 0 Å². The Bertz CT molecular complexity index is 612. The first-order chi connectivity index (χ1) is 10.0. The fourth-order valence-corrected chi connectivity index (χ4v) is 3.52. The molecule has 0 amide bonds. The van der Waals surface area contributed by atoms with Gasteiger partial charge in [0.2, 0.25) is 0 Å². The Balaban J connectivity index is 2.26. The van der Waals surface area contributed by atoms with Crippen LogP contribution in [0.15, 0.2) is 18.2 Å². The highest BCUT2D eigenvalue weighted by molar-refractivity contribution is 7.11. The van der Waals surface area contributed by atoms with Gasteiger partial charge in [-0.05, 0) is 50.9 Å². The number of aromatic nitrogens is 1. The van der Waals surface area contributed by atoms with E-state index in [0.29, 0.717) is 17.0 Å². The molecule has 0 saturated carbocycles. The molecule has 1 atom stereocenters. The van der Waals surface area contributed by atoms with Gasteiger partial charge in [0.15, 0.2) is 0 Å². The van der Waals surface area contributed by atoms with E-state index < -0.39 is 0 Å². The van der Waals surface area contributed by atoms with Gasteiger partial charge in [-0.25, -0.2) is 9.37 Å². The molecule has 21 heavy (non-hydrogen) atoms. The molecule has 1 unspecified atom stereocenters. The highest BCUT2D eigenvalue weighted by Crippen LogP contribution is 2.28. The maximum atomic E-state index is 14.0. The van der Waals surface area contributed by atoms with Crippen molar-refractivity contribution in [3.05, 3.63) is 50.2 Å². The molecule has 0 aliphatic heterocycles. The molecule has 0 aliphatic rings. The molecule has 0 fully saturated rings. The molecule has 1 aromatic heterocycles. The second-order valence-electron chi connectivity index (χ2n) is 5.13. The van der Waals surface area contributed by atoms with Gasteiger partial charge in [0.25, 0.3) is 0 Å². The summed E-state index contributed by atoms with van der Waals surface area (Å²) in [6.07, 6.45) is 1.64. The number of halogens is 2. The molecule has 2 aromatic rings. The van der Waals surface area contributed by atoms with E-state index in [9.17, 15) is 4.39 Å². The fraction of sp³-hybridized carbons (Fsp3) is 0.438. The zero-order valence-electron chi connectivity index (χ0n) is 12.5. The molecule has 1 N–H and O–H groups in total. The highest BCUT2D eigenvalue weighted by Gasteiger charge is 2.19. The predicted octanol–water partition coefficient (Wildman–Crippen LogP) is 4.84. The van der Waals surface area contributed by atoms with E-state index in [4.69, 9.17) is 11.6 Å². The van der Waals surface area contributed by atoms with Crippen molar-refractivity contribution in [3.8, 4) is 0 Å². The zero-order chi connectivity index (χ0) is 15.4. The van der Waals surface area contributed by atoms with Crippen LogP contribution in [-0.2, 0) is 6.42 Å². The Hall–Kier alpha value is -0.970. The topological polar surface area (TPSA) is 24.9 Å². The predicted molar refractivity (Wildman–Crippen MR) is 87.7 cm³/mol. The normalized spacial score (nSPS) is 12.6. The number of thiazole rings is 1. The summed E-state index contributed by atoms with van der Waals surface area (Å²) in [5.41, 5.74) is 1.71. The lowest BCUT2D eigenvalue weighted by molar-refractivity contribution is 0.517. The summed E-state index contributed by atoms with van der Waals surface area (Å²) in [5.74, 6) is -0.246. The molecular formula is C16H20ClFN2S. The van der Waals surface area contributed by atoms with Gasteiger partial charge >= 0.3 is 0 Å². The summed E-state index contributed by atoms with van der Waals surface area (Å²) in [6.45, 7) is 7.03. The number of nitrogens with zero attached hydrogens (tertiary/aromatic N) is 1. The number of rotatable bonds is 6. The first-order valence-corrected chi connectivity index (χ1v) is 8.32. The van der Waals surface area contributed by atoms with Crippen molar-refractivity contribution >= 4 is 22.9 Å². The van der Waals surface area contributed by atoms with E-state index in [1.54, 1.807) is 23.5 Å². The van der Waals surface area contributed by atoms with Crippen molar-refractivity contribution in [2.24, 2.45) is 0 Å². The smallest absolute Gasteiger partial charge is 0.127 e. The van der Waals surface area contributed by atoms with Crippen molar-refractivity contribution in [1.82, 2.24) is 10.3 Å². The van der Waals surface area contributed by atoms with E-state index in [1.165, 1.54) is 10.9 Å². The molecule has 5 heteroatoms. The van der Waals surface area contributed by atoms with Crippen molar-refractivity contribution in [1.29, 1.82) is 0 Å². The van der Waals surface area contributed by atoms with E-state index in [0.717, 1.165) is 23.7 Å². The van der Waals surface area contributed by atoms with Gasteiger partial charge in [-0.1, -0.05) is 24.6 Å². The number of nitrogens with one attached hydrogen (secondary N) is 1. The van der Waals surface area contributed by atoms with E-state index in [1.807, 2.05) is 13.8 Å². The summed E-state index contributed by atoms with van der Waals surface area (Å²) in [7, 11) is 0. The third-order valence-electron chi connectivity index (χ3n) is 3.34. The van der Waals surface area contributed by atoms with E-state index in [2.05, 4.69) is 17.2 Å². The minimum Gasteiger partial charge on any atom is -0.309 e. The standard InChI is InChI=1S/C16H20ClFN2S/c1-4-7-19-15(16-10(2)20-11(3)21-16)8-12-5-6-13(17)9-14(12)18/h5-6,9,15,19H,4,7-8H2,1-3H3. The van der Waals surface area contributed by atoms with Gasteiger partial charge in [0, 0.05) is 15.9 Å². The van der Waals surface area contributed by atoms with Crippen LogP contribution in [0.3, 0.4) is 0 Å². The van der Waals surface area contributed by atoms with Crippen molar-refractivity contribution in [3.63, 3.8) is 0 Å². The number of hydrogen-bond acceptors (Lipinski definition) is 3. The lowest BCUT2D eigenvalue weighted by Crippen LogP contribution is -2.24. The largest absolute Gasteiger partial charge is 0.309 e. The summed E-state index contributed by atoms with van der Waals surface area (Å²) in [5, 5.41) is 4.97.